The summed E-state index contributed by atoms with van der Waals surface area (Å²) in [5.74, 6) is 0.611. The lowest BCUT2D eigenvalue weighted by Crippen LogP contribution is -2.30. The summed E-state index contributed by atoms with van der Waals surface area (Å²) in [6.45, 7) is 2.95. The number of H-pyrrole nitrogens is 1. The summed E-state index contributed by atoms with van der Waals surface area (Å²) < 4.78 is 1.92. The number of benzene rings is 1. The molecule has 7 nitrogen and oxygen atoms in total. The highest BCUT2D eigenvalue weighted by Gasteiger charge is 2.21. The fourth-order valence-corrected chi connectivity index (χ4v) is 3.28. The van der Waals surface area contributed by atoms with Gasteiger partial charge < -0.3 is 9.88 Å². The van der Waals surface area contributed by atoms with Crippen LogP contribution in [0.3, 0.4) is 0 Å². The molecule has 1 aliphatic heterocycles. The Morgan fingerprint density at radius 2 is 2.20 bits per heavy atom. The topological polar surface area (TPSA) is 70.1 Å². The molecule has 1 N–H and O–H groups in total. The number of amides is 1. The number of fused-ring (bicyclic) bond motifs is 2. The lowest BCUT2D eigenvalue weighted by Gasteiger charge is -2.22. The monoisotopic (exact) mass is 358 g/mol. The number of imidazole rings is 1. The molecule has 4 rings (SSSR count). The zero-order valence-electron chi connectivity index (χ0n) is 14.2. The molecule has 0 aliphatic carbocycles. The van der Waals surface area contributed by atoms with Crippen LogP contribution in [0, 0.1) is 0 Å². The minimum atomic E-state index is -0.108. The van der Waals surface area contributed by atoms with Gasteiger partial charge in [0.25, 0.3) is 5.91 Å². The number of nitrogens with zero attached hydrogens (tertiary/aromatic N) is 5. The minimum absolute atomic E-state index is 0.108. The summed E-state index contributed by atoms with van der Waals surface area (Å²) in [4.78, 5) is 24.2. The van der Waals surface area contributed by atoms with Gasteiger partial charge in [0.1, 0.15) is 5.82 Å². The molecule has 1 aromatic carbocycles. The Morgan fingerprint density at radius 1 is 1.36 bits per heavy atom. The molecule has 130 valence electrons. The average molecular weight is 359 g/mol. The van der Waals surface area contributed by atoms with E-state index in [1.54, 1.807) is 18.0 Å². The number of hydrogen-bond donors (Lipinski definition) is 1. The molecule has 8 heteroatoms. The molecule has 0 spiro atoms. The number of hydrogen-bond acceptors (Lipinski definition) is 4. The van der Waals surface area contributed by atoms with Gasteiger partial charge in [0, 0.05) is 25.2 Å². The Balaban J connectivity index is 1.51. The Hall–Kier alpha value is -2.38. The minimum Gasteiger partial charge on any atom is -0.340 e. The van der Waals surface area contributed by atoms with Crippen LogP contribution in [0.4, 0.5) is 0 Å². The molecular formula is C17H19ClN6O. The number of carbonyl (C=O) groups excluding carboxylic acids is 1. The maximum Gasteiger partial charge on any atom is 0.274 e. The predicted molar refractivity (Wildman–Crippen MR) is 95.5 cm³/mol. The molecule has 1 aliphatic rings. The summed E-state index contributed by atoms with van der Waals surface area (Å²) in [6.07, 6.45) is 0. The fourth-order valence-electron chi connectivity index (χ4n) is 3.10. The van der Waals surface area contributed by atoms with Crippen molar-refractivity contribution >= 4 is 28.5 Å². The molecular weight excluding hydrogens is 340 g/mol. The molecule has 0 unspecified atom stereocenters. The third-order valence-electron chi connectivity index (χ3n) is 4.43. The third kappa shape index (κ3) is 3.12. The molecule has 3 heterocycles. The Morgan fingerprint density at radius 3 is 3.04 bits per heavy atom. The smallest absolute Gasteiger partial charge is 0.274 e. The van der Waals surface area contributed by atoms with E-state index >= 15 is 0 Å². The van der Waals surface area contributed by atoms with E-state index in [1.165, 1.54) is 0 Å². The lowest BCUT2D eigenvalue weighted by atomic mass is 10.3. The lowest BCUT2D eigenvalue weighted by molar-refractivity contribution is 0.0775. The van der Waals surface area contributed by atoms with E-state index in [0.717, 1.165) is 42.2 Å². The van der Waals surface area contributed by atoms with Crippen molar-refractivity contribution in [2.75, 3.05) is 20.6 Å². The first-order chi connectivity index (χ1) is 12.0. The third-order valence-corrected chi connectivity index (χ3v) is 4.67. The summed E-state index contributed by atoms with van der Waals surface area (Å²) in [7, 11) is 3.82. The van der Waals surface area contributed by atoms with Gasteiger partial charge in [-0.25, -0.2) is 4.98 Å². The van der Waals surface area contributed by atoms with Crippen LogP contribution >= 0.6 is 11.6 Å². The molecule has 0 bridgehead atoms. The zero-order chi connectivity index (χ0) is 17.6. The van der Waals surface area contributed by atoms with E-state index in [4.69, 9.17) is 11.6 Å². The van der Waals surface area contributed by atoms with E-state index in [0.29, 0.717) is 17.3 Å². The van der Waals surface area contributed by atoms with E-state index in [-0.39, 0.29) is 5.91 Å². The number of carbonyl (C=O) groups is 1. The zero-order valence-corrected chi connectivity index (χ0v) is 14.9. The number of halogens is 1. The van der Waals surface area contributed by atoms with Crippen molar-refractivity contribution in [2.45, 2.75) is 19.6 Å². The van der Waals surface area contributed by atoms with Crippen LogP contribution < -0.4 is 0 Å². The van der Waals surface area contributed by atoms with Gasteiger partial charge in [0.15, 0.2) is 5.69 Å². The molecule has 0 radical (unpaired) electrons. The van der Waals surface area contributed by atoms with E-state index in [1.807, 2.05) is 22.9 Å². The standard InChI is InChI=1S/C17H19ClN6O/c1-22-5-6-24-12(9-22)8-15(21-24)17(25)23(2)10-16-19-13-4-3-11(18)7-14(13)20-16/h3-4,7-8H,5-6,9-10H2,1-2H3,(H,19,20). The van der Waals surface area contributed by atoms with Crippen molar-refractivity contribution in [1.82, 2.24) is 29.5 Å². The number of likely N-dealkylation sites (N-methyl/N-ethyl adjacent to an activating group) is 1. The second-order valence-electron chi connectivity index (χ2n) is 6.49. The fraction of sp³-hybridized carbons (Fsp3) is 0.353. The normalized spacial score (nSPS) is 14.7. The van der Waals surface area contributed by atoms with Gasteiger partial charge in [0.2, 0.25) is 0 Å². The molecule has 3 aromatic rings. The van der Waals surface area contributed by atoms with Gasteiger partial charge in [-0.3, -0.25) is 14.4 Å². The van der Waals surface area contributed by atoms with E-state index in [9.17, 15) is 4.79 Å². The van der Waals surface area contributed by atoms with Crippen LogP contribution in [0.25, 0.3) is 11.0 Å². The highest BCUT2D eigenvalue weighted by molar-refractivity contribution is 6.31. The molecule has 0 fully saturated rings. The van der Waals surface area contributed by atoms with Gasteiger partial charge in [-0.05, 0) is 31.3 Å². The average Bonchev–Trinajstić information content (AvgIpc) is 3.16. The highest BCUT2D eigenvalue weighted by Crippen LogP contribution is 2.18. The SMILES string of the molecule is CN1CCn2nc(C(=O)N(C)Cc3nc4ccc(Cl)cc4[nH]3)cc2C1. The number of rotatable bonds is 3. The van der Waals surface area contributed by atoms with Crippen molar-refractivity contribution in [2.24, 2.45) is 0 Å². The summed E-state index contributed by atoms with van der Waals surface area (Å²) in [5.41, 5.74) is 3.25. The first-order valence-electron chi connectivity index (χ1n) is 8.14. The van der Waals surface area contributed by atoms with Gasteiger partial charge in [-0.15, -0.1) is 0 Å². The summed E-state index contributed by atoms with van der Waals surface area (Å²) in [6, 6.07) is 7.37. The molecule has 0 atom stereocenters. The van der Waals surface area contributed by atoms with Crippen molar-refractivity contribution in [3.05, 3.63) is 46.5 Å². The Bertz CT molecular complexity index is 946. The Kier molecular flexibility index (Phi) is 3.97. The molecule has 25 heavy (non-hydrogen) atoms. The van der Waals surface area contributed by atoms with Crippen molar-refractivity contribution in [1.29, 1.82) is 0 Å². The van der Waals surface area contributed by atoms with E-state index in [2.05, 4.69) is 27.0 Å². The van der Waals surface area contributed by atoms with Crippen LogP contribution in [0.5, 0.6) is 0 Å². The van der Waals surface area contributed by atoms with Crippen LogP contribution in [-0.2, 0) is 19.6 Å². The van der Waals surface area contributed by atoms with Gasteiger partial charge in [0.05, 0.1) is 29.8 Å². The van der Waals surface area contributed by atoms with E-state index < -0.39 is 0 Å². The molecule has 2 aromatic heterocycles. The second-order valence-corrected chi connectivity index (χ2v) is 6.92. The van der Waals surface area contributed by atoms with Gasteiger partial charge in [-0.1, -0.05) is 11.6 Å². The molecule has 0 saturated carbocycles. The van der Waals surface area contributed by atoms with Crippen LogP contribution in [0.2, 0.25) is 5.02 Å². The second kappa shape index (κ2) is 6.16. The summed E-state index contributed by atoms with van der Waals surface area (Å²) >= 11 is 6.00. The summed E-state index contributed by atoms with van der Waals surface area (Å²) in [5, 5.41) is 5.11. The molecule has 0 saturated heterocycles. The predicted octanol–water partition coefficient (Wildman–Crippen LogP) is 2.13. The number of aromatic nitrogens is 4. The van der Waals surface area contributed by atoms with Crippen LogP contribution in [0.1, 0.15) is 22.0 Å². The number of aromatic amines is 1. The van der Waals surface area contributed by atoms with Crippen LogP contribution in [-0.4, -0.2) is 56.1 Å². The first kappa shape index (κ1) is 16.1. The van der Waals surface area contributed by atoms with Crippen LogP contribution in [0.15, 0.2) is 24.3 Å². The quantitative estimate of drug-likeness (QED) is 0.778. The maximum atomic E-state index is 12.7. The molecule has 1 amide bonds. The van der Waals surface area contributed by atoms with Gasteiger partial charge >= 0.3 is 0 Å². The van der Waals surface area contributed by atoms with Crippen molar-refractivity contribution < 1.29 is 4.79 Å². The Labute approximate surface area is 150 Å². The maximum absolute atomic E-state index is 12.7. The largest absolute Gasteiger partial charge is 0.340 e. The van der Waals surface area contributed by atoms with Crippen molar-refractivity contribution in [3.63, 3.8) is 0 Å². The van der Waals surface area contributed by atoms with Gasteiger partial charge in [-0.2, -0.15) is 5.10 Å². The highest BCUT2D eigenvalue weighted by atomic mass is 35.5. The number of nitrogens with one attached hydrogen (secondary N) is 1. The first-order valence-corrected chi connectivity index (χ1v) is 8.52. The van der Waals surface area contributed by atoms with Crippen molar-refractivity contribution in [3.8, 4) is 0 Å².